The van der Waals surface area contributed by atoms with Crippen LogP contribution in [0.25, 0.3) is 0 Å². The second-order valence-electron chi connectivity index (χ2n) is 11.4. The molecule has 5 fully saturated rings. The summed E-state index contributed by atoms with van der Waals surface area (Å²) in [5.74, 6) is 1.50. The molecule has 5 aliphatic rings. The van der Waals surface area contributed by atoms with Crippen molar-refractivity contribution in [2.24, 2.45) is 23.2 Å². The molecule has 1 aromatic carbocycles. The van der Waals surface area contributed by atoms with Gasteiger partial charge in [0.2, 0.25) is 10.0 Å². The second kappa shape index (κ2) is 6.93. The van der Waals surface area contributed by atoms with Gasteiger partial charge in [0.05, 0.1) is 16.9 Å². The molecule has 31 heavy (non-hydrogen) atoms. The minimum Gasteiger partial charge on any atom is -0.493 e. The Labute approximate surface area is 184 Å². The standard InChI is InChI=1S/C24H32FNO4S/c1-23(2,3)31(28,29)26-22(27)19-9-18(16-4-5-16)21(10-20(19)25)30-13-24-11-14-6-15(12-24)8-17(24)7-14/h9-10,14-17H,4-8,11-13H2,1-3H3,(H,26,27). The smallest absolute Gasteiger partial charge is 0.267 e. The topological polar surface area (TPSA) is 72.5 Å². The number of carbonyl (C=O) groups excluding carboxylic acids is 1. The number of amides is 1. The maximum absolute atomic E-state index is 14.9. The second-order valence-corrected chi connectivity index (χ2v) is 13.8. The van der Waals surface area contributed by atoms with E-state index in [4.69, 9.17) is 4.74 Å². The average molecular weight is 450 g/mol. The SMILES string of the molecule is CC(C)(C)S(=O)(=O)NC(=O)c1cc(C2CC2)c(OCC23CC4CC(CC2C4)C3)cc1F. The number of carbonyl (C=O) groups is 1. The van der Waals surface area contributed by atoms with Crippen LogP contribution in [-0.4, -0.2) is 25.7 Å². The van der Waals surface area contributed by atoms with Gasteiger partial charge in [-0.05, 0) is 101 Å². The van der Waals surface area contributed by atoms with E-state index < -0.39 is 26.5 Å². The lowest BCUT2D eigenvalue weighted by atomic mass is 9.76. The van der Waals surface area contributed by atoms with Gasteiger partial charge in [-0.25, -0.2) is 17.5 Å². The summed E-state index contributed by atoms with van der Waals surface area (Å²) in [5.41, 5.74) is 0.830. The van der Waals surface area contributed by atoms with Crippen LogP contribution in [0.1, 0.15) is 87.6 Å². The van der Waals surface area contributed by atoms with Crippen molar-refractivity contribution in [1.82, 2.24) is 4.72 Å². The van der Waals surface area contributed by atoms with Gasteiger partial charge in [0.25, 0.3) is 5.91 Å². The summed E-state index contributed by atoms with van der Waals surface area (Å²) in [7, 11) is -3.92. The van der Waals surface area contributed by atoms with Crippen molar-refractivity contribution in [1.29, 1.82) is 0 Å². The van der Waals surface area contributed by atoms with E-state index in [1.807, 2.05) is 4.72 Å². The molecule has 170 valence electrons. The molecule has 0 radical (unpaired) electrons. The van der Waals surface area contributed by atoms with Gasteiger partial charge in [-0.1, -0.05) is 0 Å². The summed E-state index contributed by atoms with van der Waals surface area (Å²) in [6.07, 6.45) is 8.38. The van der Waals surface area contributed by atoms with Crippen molar-refractivity contribution in [3.8, 4) is 5.75 Å². The zero-order valence-corrected chi connectivity index (χ0v) is 19.4. The quantitative estimate of drug-likeness (QED) is 0.679. The van der Waals surface area contributed by atoms with Crippen molar-refractivity contribution in [3.63, 3.8) is 0 Å². The van der Waals surface area contributed by atoms with Gasteiger partial charge in [0.15, 0.2) is 0 Å². The maximum Gasteiger partial charge on any atom is 0.267 e. The molecule has 1 aromatic rings. The van der Waals surface area contributed by atoms with E-state index in [2.05, 4.69) is 0 Å². The number of benzene rings is 1. The average Bonchev–Trinajstić information content (AvgIpc) is 3.42. The normalized spacial score (nSPS) is 31.8. The number of halogens is 1. The predicted octanol–water partition coefficient (Wildman–Crippen LogP) is 4.77. The minimum atomic E-state index is -3.92. The van der Waals surface area contributed by atoms with E-state index in [1.165, 1.54) is 65.0 Å². The largest absolute Gasteiger partial charge is 0.493 e. The number of rotatable bonds is 6. The Morgan fingerprint density at radius 3 is 2.39 bits per heavy atom. The van der Waals surface area contributed by atoms with Crippen molar-refractivity contribution >= 4 is 15.9 Å². The Hall–Kier alpha value is -1.63. The fourth-order valence-electron chi connectivity index (χ4n) is 6.34. The van der Waals surface area contributed by atoms with E-state index in [0.717, 1.165) is 36.2 Å². The van der Waals surface area contributed by atoms with Crippen LogP contribution in [0.2, 0.25) is 0 Å². The van der Waals surface area contributed by atoms with Gasteiger partial charge in [-0.3, -0.25) is 4.79 Å². The molecule has 0 saturated heterocycles. The monoisotopic (exact) mass is 449 g/mol. The summed E-state index contributed by atoms with van der Waals surface area (Å²) in [4.78, 5) is 12.6. The number of ether oxygens (including phenoxy) is 1. The Kier molecular flexibility index (Phi) is 4.75. The summed E-state index contributed by atoms with van der Waals surface area (Å²) < 4.78 is 46.8. The Balaban J connectivity index is 1.38. The molecule has 7 heteroatoms. The van der Waals surface area contributed by atoms with E-state index in [-0.39, 0.29) is 16.9 Å². The van der Waals surface area contributed by atoms with E-state index in [9.17, 15) is 17.6 Å². The molecule has 6 rings (SSSR count). The highest BCUT2D eigenvalue weighted by molar-refractivity contribution is 7.91. The molecule has 1 amide bonds. The number of hydrogen-bond acceptors (Lipinski definition) is 4. The number of sulfonamides is 1. The first kappa shape index (κ1) is 21.2. The van der Waals surface area contributed by atoms with Gasteiger partial charge >= 0.3 is 0 Å². The zero-order chi connectivity index (χ0) is 22.2. The van der Waals surface area contributed by atoms with Gasteiger partial charge in [0.1, 0.15) is 11.6 Å². The van der Waals surface area contributed by atoms with Crippen LogP contribution in [0.3, 0.4) is 0 Å². The first-order valence-electron chi connectivity index (χ1n) is 11.5. The molecule has 0 heterocycles. The third kappa shape index (κ3) is 3.66. The maximum atomic E-state index is 14.9. The summed E-state index contributed by atoms with van der Waals surface area (Å²) in [6.45, 7) is 5.10. The van der Waals surface area contributed by atoms with Gasteiger partial charge in [-0.2, -0.15) is 0 Å². The molecular weight excluding hydrogens is 417 g/mol. The van der Waals surface area contributed by atoms with E-state index >= 15 is 0 Å². The highest BCUT2D eigenvalue weighted by atomic mass is 32.2. The first-order chi connectivity index (χ1) is 14.5. The van der Waals surface area contributed by atoms with Crippen molar-refractivity contribution in [3.05, 3.63) is 29.1 Å². The number of hydrogen-bond donors (Lipinski definition) is 1. The lowest BCUT2D eigenvalue weighted by molar-refractivity contribution is 0.0974. The lowest BCUT2D eigenvalue weighted by Gasteiger charge is -2.33. The highest BCUT2D eigenvalue weighted by Crippen LogP contribution is 2.65. The summed E-state index contributed by atoms with van der Waals surface area (Å²) in [5, 5.41) is 0. The van der Waals surface area contributed by atoms with Crippen molar-refractivity contribution in [2.45, 2.75) is 76.4 Å². The molecule has 0 spiro atoms. The third-order valence-corrected chi connectivity index (χ3v) is 10.1. The Morgan fingerprint density at radius 2 is 1.81 bits per heavy atom. The molecule has 0 aliphatic heterocycles. The van der Waals surface area contributed by atoms with Crippen molar-refractivity contribution in [2.75, 3.05) is 6.61 Å². The minimum absolute atomic E-state index is 0.235. The molecule has 5 saturated carbocycles. The Bertz CT molecular complexity index is 1010. The molecule has 5 nitrogen and oxygen atoms in total. The fraction of sp³-hybridized carbons (Fsp3) is 0.708. The summed E-state index contributed by atoms with van der Waals surface area (Å²) in [6, 6.07) is 2.80. The lowest BCUT2D eigenvalue weighted by Crippen LogP contribution is -2.42. The predicted molar refractivity (Wildman–Crippen MR) is 116 cm³/mol. The van der Waals surface area contributed by atoms with Gasteiger partial charge < -0.3 is 4.74 Å². The van der Waals surface area contributed by atoms with Crippen LogP contribution in [0.15, 0.2) is 12.1 Å². The van der Waals surface area contributed by atoms with Crippen LogP contribution < -0.4 is 9.46 Å². The summed E-state index contributed by atoms with van der Waals surface area (Å²) >= 11 is 0. The molecule has 1 N–H and O–H groups in total. The fourth-order valence-corrected chi connectivity index (χ4v) is 7.00. The van der Waals surface area contributed by atoms with Gasteiger partial charge in [0, 0.05) is 11.5 Å². The van der Waals surface area contributed by atoms with Crippen LogP contribution in [-0.2, 0) is 10.0 Å². The van der Waals surface area contributed by atoms with Crippen LogP contribution in [0, 0.1) is 29.0 Å². The highest BCUT2D eigenvalue weighted by Gasteiger charge is 2.58. The van der Waals surface area contributed by atoms with E-state index in [1.54, 1.807) is 0 Å². The third-order valence-electron chi connectivity index (χ3n) is 8.07. The van der Waals surface area contributed by atoms with Gasteiger partial charge in [-0.15, -0.1) is 0 Å². The molecule has 5 aliphatic carbocycles. The Morgan fingerprint density at radius 1 is 1.16 bits per heavy atom. The molecular formula is C24H32FNO4S. The van der Waals surface area contributed by atoms with Crippen LogP contribution >= 0.6 is 0 Å². The molecule has 2 atom stereocenters. The molecule has 0 aromatic heterocycles. The van der Waals surface area contributed by atoms with Crippen LogP contribution in [0.5, 0.6) is 5.75 Å². The van der Waals surface area contributed by atoms with Crippen molar-refractivity contribution < 1.29 is 22.3 Å². The molecule has 2 unspecified atom stereocenters. The first-order valence-corrected chi connectivity index (χ1v) is 13.0. The van der Waals surface area contributed by atoms with E-state index in [0.29, 0.717) is 12.4 Å². The zero-order valence-electron chi connectivity index (χ0n) is 18.5. The molecule has 4 bridgehead atoms. The van der Waals surface area contributed by atoms with Crippen LogP contribution in [0.4, 0.5) is 4.39 Å². The number of nitrogens with one attached hydrogen (secondary N) is 1.